The molecule has 2 aromatic carbocycles. The van der Waals surface area contributed by atoms with Gasteiger partial charge in [-0.25, -0.2) is 0 Å². The van der Waals surface area contributed by atoms with Crippen LogP contribution in [0.5, 0.6) is 0 Å². The Labute approximate surface area is 193 Å². The molecule has 0 aromatic heterocycles. The molecule has 11 heteroatoms. The summed E-state index contributed by atoms with van der Waals surface area (Å²) in [5.74, 6) is -0.436. The van der Waals surface area contributed by atoms with Crippen molar-refractivity contribution in [2.75, 3.05) is 24.6 Å². The fourth-order valence-electron chi connectivity index (χ4n) is 2.81. The first-order valence-electron chi connectivity index (χ1n) is 9.48. The van der Waals surface area contributed by atoms with Gasteiger partial charge in [0.05, 0.1) is 27.1 Å². The molecule has 0 bridgehead atoms. The quantitative estimate of drug-likeness (QED) is 0.199. The second-order valence-electron chi connectivity index (χ2n) is 6.51. The Bertz CT molecular complexity index is 1140. The molecule has 0 saturated heterocycles. The number of carbonyl (C=O) groups is 1. The van der Waals surface area contributed by atoms with Crippen LogP contribution in [0.15, 0.2) is 45.0 Å². The lowest BCUT2D eigenvalue weighted by Gasteiger charge is -2.23. The van der Waals surface area contributed by atoms with Crippen molar-refractivity contribution in [1.82, 2.24) is 0 Å². The van der Waals surface area contributed by atoms with Gasteiger partial charge >= 0.3 is 5.97 Å². The Morgan fingerprint density at radius 2 is 2.03 bits per heavy atom. The Morgan fingerprint density at radius 3 is 2.62 bits per heavy atom. The first-order valence-corrected chi connectivity index (χ1v) is 10.3. The Morgan fingerprint density at radius 1 is 1.28 bits per heavy atom. The Hall–Kier alpha value is -3.83. The van der Waals surface area contributed by atoms with Gasteiger partial charge in [0.25, 0.3) is 5.69 Å². The fourth-order valence-corrected chi connectivity index (χ4v) is 3.34. The molecule has 10 nitrogen and oxygen atoms in total. The third-order valence-corrected chi connectivity index (χ3v) is 5.05. The van der Waals surface area contributed by atoms with Gasteiger partial charge in [-0.2, -0.15) is 15.6 Å². The average molecular weight is 499 g/mol. The average Bonchev–Trinajstić information content (AvgIpc) is 2.77. The number of nitro benzene ring substituents is 1. The van der Waals surface area contributed by atoms with Crippen molar-refractivity contribution in [2.24, 2.45) is 10.2 Å². The summed E-state index contributed by atoms with van der Waals surface area (Å²) in [5, 5.41) is 37.1. The third kappa shape index (κ3) is 6.33. The molecule has 0 heterocycles. The van der Waals surface area contributed by atoms with E-state index in [0.717, 1.165) is 17.3 Å². The normalized spacial score (nSPS) is 10.4. The SMILES string of the molecule is CCN(CCC(=O)OCC#N)c1ccc(N=Nc2c(Br)cc([N+](=O)[O-])cc2C#N)c(C)c1. The largest absolute Gasteiger partial charge is 0.450 e. The minimum atomic E-state index is -0.585. The van der Waals surface area contributed by atoms with Crippen LogP contribution in [-0.4, -0.2) is 30.6 Å². The van der Waals surface area contributed by atoms with E-state index in [1.54, 1.807) is 12.1 Å². The molecule has 0 aliphatic carbocycles. The standard InChI is InChI=1S/C21H19BrN6O4/c1-3-27(8-6-20(29)32-9-7-23)16-4-5-19(14(2)10-16)25-26-21-15(13-24)11-17(28(30)31)12-18(21)22/h4-5,10-12H,3,6,8-9H2,1-2H3. The van der Waals surface area contributed by atoms with E-state index < -0.39 is 10.9 Å². The summed E-state index contributed by atoms with van der Waals surface area (Å²) in [6.07, 6.45) is 0.154. The second kappa shape index (κ2) is 11.5. The summed E-state index contributed by atoms with van der Waals surface area (Å²) < 4.78 is 5.06. The van der Waals surface area contributed by atoms with Crippen LogP contribution in [0, 0.1) is 39.7 Å². The van der Waals surface area contributed by atoms with Crippen LogP contribution in [0.25, 0.3) is 0 Å². The number of benzene rings is 2. The molecule has 0 saturated carbocycles. The molecular formula is C21H19BrN6O4. The van der Waals surface area contributed by atoms with Gasteiger partial charge in [-0.1, -0.05) is 0 Å². The second-order valence-corrected chi connectivity index (χ2v) is 7.37. The summed E-state index contributed by atoms with van der Waals surface area (Å²) in [5.41, 5.74) is 2.27. The summed E-state index contributed by atoms with van der Waals surface area (Å²) in [4.78, 5) is 24.0. The molecule has 0 fully saturated rings. The van der Waals surface area contributed by atoms with Crippen molar-refractivity contribution < 1.29 is 14.5 Å². The third-order valence-electron chi connectivity index (χ3n) is 4.45. The molecule has 2 rings (SSSR count). The van der Waals surface area contributed by atoms with Crippen LogP contribution in [0.1, 0.15) is 24.5 Å². The van der Waals surface area contributed by atoms with Gasteiger partial charge in [-0.15, -0.1) is 5.11 Å². The van der Waals surface area contributed by atoms with E-state index in [1.165, 1.54) is 6.07 Å². The zero-order chi connectivity index (χ0) is 23.7. The number of halogens is 1. The van der Waals surface area contributed by atoms with Gasteiger partial charge in [-0.05, 0) is 53.5 Å². The van der Waals surface area contributed by atoms with Crippen LogP contribution in [0.2, 0.25) is 0 Å². The highest BCUT2D eigenvalue weighted by atomic mass is 79.9. The number of nitrogens with zero attached hydrogens (tertiary/aromatic N) is 6. The molecule has 0 radical (unpaired) electrons. The van der Waals surface area contributed by atoms with Crippen molar-refractivity contribution in [3.05, 3.63) is 56.0 Å². The highest BCUT2D eigenvalue weighted by Gasteiger charge is 2.16. The summed E-state index contributed by atoms with van der Waals surface area (Å²) in [6.45, 7) is 4.64. The topological polar surface area (TPSA) is 145 Å². The monoisotopic (exact) mass is 498 g/mol. The summed E-state index contributed by atoms with van der Waals surface area (Å²) in [6, 6.07) is 11.6. The first kappa shape index (κ1) is 24.4. The number of aryl methyl sites for hydroxylation is 1. The molecule has 164 valence electrons. The number of rotatable bonds is 9. The molecule has 0 aliphatic rings. The van der Waals surface area contributed by atoms with E-state index in [-0.39, 0.29) is 30.0 Å². The maximum absolute atomic E-state index is 11.6. The van der Waals surface area contributed by atoms with Crippen LogP contribution in [-0.2, 0) is 9.53 Å². The van der Waals surface area contributed by atoms with E-state index in [4.69, 9.17) is 10.00 Å². The zero-order valence-electron chi connectivity index (χ0n) is 17.4. The molecule has 0 aliphatic heterocycles. The lowest BCUT2D eigenvalue weighted by molar-refractivity contribution is -0.384. The number of azo groups is 1. The fraction of sp³-hybridized carbons (Fsp3) is 0.286. The van der Waals surface area contributed by atoms with E-state index in [0.29, 0.717) is 23.2 Å². The summed E-state index contributed by atoms with van der Waals surface area (Å²) in [7, 11) is 0. The number of anilines is 1. The van der Waals surface area contributed by atoms with Crippen molar-refractivity contribution >= 4 is 44.6 Å². The Kier molecular flexibility index (Phi) is 8.81. The number of non-ortho nitro benzene ring substituents is 1. The number of nitriles is 2. The van der Waals surface area contributed by atoms with Gasteiger partial charge in [0.1, 0.15) is 17.8 Å². The van der Waals surface area contributed by atoms with Crippen LogP contribution in [0.3, 0.4) is 0 Å². The number of hydrogen-bond acceptors (Lipinski definition) is 9. The number of hydrogen-bond donors (Lipinski definition) is 0. The molecule has 32 heavy (non-hydrogen) atoms. The van der Waals surface area contributed by atoms with E-state index in [9.17, 15) is 20.2 Å². The van der Waals surface area contributed by atoms with Crippen molar-refractivity contribution in [1.29, 1.82) is 10.5 Å². The number of carbonyl (C=O) groups excluding carboxylic acids is 1. The van der Waals surface area contributed by atoms with Gasteiger partial charge in [0.15, 0.2) is 6.61 Å². The molecular weight excluding hydrogens is 480 g/mol. The first-order chi connectivity index (χ1) is 15.3. The number of nitro groups is 1. The van der Waals surface area contributed by atoms with Gasteiger partial charge < -0.3 is 9.64 Å². The highest BCUT2D eigenvalue weighted by Crippen LogP contribution is 2.35. The maximum Gasteiger partial charge on any atom is 0.308 e. The molecule has 2 aromatic rings. The van der Waals surface area contributed by atoms with Gasteiger partial charge in [0, 0.05) is 30.9 Å². The van der Waals surface area contributed by atoms with Gasteiger partial charge in [-0.3, -0.25) is 14.9 Å². The molecule has 0 atom stereocenters. The lowest BCUT2D eigenvalue weighted by Crippen LogP contribution is -2.26. The minimum absolute atomic E-state index is 0.0320. The van der Waals surface area contributed by atoms with Crippen LogP contribution >= 0.6 is 15.9 Å². The molecule has 0 amide bonds. The number of esters is 1. The number of ether oxygens (including phenoxy) is 1. The van der Waals surface area contributed by atoms with Crippen molar-refractivity contribution in [3.63, 3.8) is 0 Å². The summed E-state index contributed by atoms with van der Waals surface area (Å²) >= 11 is 3.21. The molecule has 0 spiro atoms. The zero-order valence-corrected chi connectivity index (χ0v) is 19.0. The highest BCUT2D eigenvalue weighted by molar-refractivity contribution is 9.10. The molecule has 0 unspecified atom stereocenters. The van der Waals surface area contributed by atoms with E-state index in [1.807, 2.05) is 36.9 Å². The van der Waals surface area contributed by atoms with Crippen molar-refractivity contribution in [3.8, 4) is 12.1 Å². The minimum Gasteiger partial charge on any atom is -0.450 e. The van der Waals surface area contributed by atoms with Crippen molar-refractivity contribution in [2.45, 2.75) is 20.3 Å². The van der Waals surface area contributed by atoms with Crippen LogP contribution < -0.4 is 4.90 Å². The van der Waals surface area contributed by atoms with E-state index in [2.05, 4.69) is 26.2 Å². The van der Waals surface area contributed by atoms with Crippen LogP contribution in [0.4, 0.5) is 22.7 Å². The lowest BCUT2D eigenvalue weighted by atomic mass is 10.1. The predicted molar refractivity (Wildman–Crippen MR) is 120 cm³/mol. The van der Waals surface area contributed by atoms with E-state index >= 15 is 0 Å². The van der Waals surface area contributed by atoms with Gasteiger partial charge in [0.2, 0.25) is 0 Å². The Balaban J connectivity index is 2.21. The smallest absolute Gasteiger partial charge is 0.308 e. The maximum atomic E-state index is 11.6. The predicted octanol–water partition coefficient (Wildman–Crippen LogP) is 5.24. The molecule has 0 N–H and O–H groups in total.